The molecule has 1 N–H and O–H groups in total. The summed E-state index contributed by atoms with van der Waals surface area (Å²) in [5.74, 6) is 0.350. The number of likely N-dealkylation sites (tertiary alicyclic amines) is 2. The third kappa shape index (κ3) is 4.42. The zero-order valence-corrected chi connectivity index (χ0v) is 19.6. The highest BCUT2D eigenvalue weighted by Crippen LogP contribution is 2.35. The minimum atomic E-state index is -0.783. The van der Waals surface area contributed by atoms with E-state index in [0.29, 0.717) is 44.3 Å². The summed E-state index contributed by atoms with van der Waals surface area (Å²) < 4.78 is 5.96. The average molecular weight is 448 g/mol. The van der Waals surface area contributed by atoms with Gasteiger partial charge in [0.25, 0.3) is 5.91 Å². The normalized spacial score (nSPS) is 21.4. The molecule has 0 aliphatic carbocycles. The van der Waals surface area contributed by atoms with Crippen LogP contribution in [0, 0.1) is 13.8 Å². The van der Waals surface area contributed by atoms with Crippen molar-refractivity contribution in [1.29, 1.82) is 0 Å². The lowest BCUT2D eigenvalue weighted by Gasteiger charge is -2.44. The van der Waals surface area contributed by atoms with Crippen LogP contribution in [0.5, 0.6) is 0 Å². The van der Waals surface area contributed by atoms with Gasteiger partial charge in [-0.3, -0.25) is 14.7 Å². The Bertz CT molecular complexity index is 1130. The summed E-state index contributed by atoms with van der Waals surface area (Å²) in [5.41, 5.74) is 3.21. The van der Waals surface area contributed by atoms with Gasteiger partial charge in [0, 0.05) is 49.0 Å². The molecule has 2 saturated heterocycles. The Hall–Kier alpha value is -2.70. The summed E-state index contributed by atoms with van der Waals surface area (Å²) in [6, 6.07) is 10.5. The smallest absolute Gasteiger partial charge is 0.289 e. The molecular formula is C27H33N3O3. The van der Waals surface area contributed by atoms with Gasteiger partial charge in [-0.05, 0) is 69.3 Å². The molecule has 0 radical (unpaired) electrons. The fourth-order valence-corrected chi connectivity index (χ4v) is 5.47. The van der Waals surface area contributed by atoms with Crippen molar-refractivity contribution in [2.45, 2.75) is 57.6 Å². The topological polar surface area (TPSA) is 69.8 Å². The highest BCUT2D eigenvalue weighted by Gasteiger charge is 2.39. The zero-order chi connectivity index (χ0) is 23.0. The van der Waals surface area contributed by atoms with Crippen molar-refractivity contribution in [3.05, 3.63) is 65.2 Å². The average Bonchev–Trinajstić information content (AvgIpc) is 3.15. The summed E-state index contributed by atoms with van der Waals surface area (Å²) in [7, 11) is 0. The van der Waals surface area contributed by atoms with E-state index in [1.165, 1.54) is 12.0 Å². The number of amides is 1. The molecule has 0 saturated carbocycles. The third-order valence-corrected chi connectivity index (χ3v) is 7.45. The molecule has 4 heterocycles. The van der Waals surface area contributed by atoms with Gasteiger partial charge in [-0.2, -0.15) is 0 Å². The van der Waals surface area contributed by atoms with Crippen LogP contribution in [0.15, 0.2) is 47.1 Å². The van der Waals surface area contributed by atoms with E-state index in [1.54, 1.807) is 0 Å². The number of piperidine rings is 2. The molecule has 0 bridgehead atoms. The van der Waals surface area contributed by atoms with Crippen molar-refractivity contribution in [3.8, 4) is 0 Å². The van der Waals surface area contributed by atoms with Crippen LogP contribution in [0.3, 0.4) is 0 Å². The number of pyridine rings is 1. The first-order valence-corrected chi connectivity index (χ1v) is 12.1. The van der Waals surface area contributed by atoms with Crippen LogP contribution in [0.25, 0.3) is 11.0 Å². The molecule has 2 aliphatic heterocycles. The molecule has 6 nitrogen and oxygen atoms in total. The molecule has 0 unspecified atom stereocenters. The molecule has 1 amide bonds. The number of benzene rings is 1. The molecule has 174 valence electrons. The van der Waals surface area contributed by atoms with Gasteiger partial charge in [0.1, 0.15) is 5.58 Å². The van der Waals surface area contributed by atoms with Crippen molar-refractivity contribution in [2.75, 3.05) is 26.2 Å². The van der Waals surface area contributed by atoms with Gasteiger partial charge in [-0.1, -0.05) is 24.6 Å². The molecule has 2 aromatic heterocycles. The first-order valence-electron chi connectivity index (χ1n) is 12.1. The van der Waals surface area contributed by atoms with Crippen LogP contribution in [0.2, 0.25) is 0 Å². The number of nitrogens with zero attached hydrogens (tertiary/aromatic N) is 3. The Balaban J connectivity index is 1.26. The maximum absolute atomic E-state index is 13.2. The number of hydrogen-bond donors (Lipinski definition) is 1. The summed E-state index contributed by atoms with van der Waals surface area (Å²) >= 11 is 0. The SMILES string of the molecule is Cc1ccc2c(C)c(C(=O)N3CCC(O)(CN4CCCC[C@@H]4c4cccnc4)CC3)oc2c1. The van der Waals surface area contributed by atoms with Gasteiger partial charge < -0.3 is 14.4 Å². The van der Waals surface area contributed by atoms with Gasteiger partial charge >= 0.3 is 0 Å². The quantitative estimate of drug-likeness (QED) is 0.631. The number of rotatable bonds is 4. The van der Waals surface area contributed by atoms with Crippen LogP contribution < -0.4 is 0 Å². The van der Waals surface area contributed by atoms with Gasteiger partial charge in [0.05, 0.1) is 5.60 Å². The number of aromatic nitrogens is 1. The Morgan fingerprint density at radius 3 is 2.76 bits per heavy atom. The van der Waals surface area contributed by atoms with Crippen molar-refractivity contribution in [3.63, 3.8) is 0 Å². The minimum Gasteiger partial charge on any atom is -0.451 e. The number of aryl methyl sites for hydroxylation is 2. The van der Waals surface area contributed by atoms with E-state index < -0.39 is 5.60 Å². The first kappa shape index (κ1) is 22.1. The van der Waals surface area contributed by atoms with E-state index in [0.717, 1.165) is 41.5 Å². The summed E-state index contributed by atoms with van der Waals surface area (Å²) in [4.78, 5) is 21.8. The lowest BCUT2D eigenvalue weighted by atomic mass is 9.88. The first-order chi connectivity index (χ1) is 15.9. The Kier molecular flexibility index (Phi) is 5.97. The lowest BCUT2D eigenvalue weighted by Crippen LogP contribution is -2.53. The molecule has 1 atom stereocenters. The number of furan rings is 1. The zero-order valence-electron chi connectivity index (χ0n) is 19.6. The number of β-amino-alcohol motifs (C(OH)–C–C–N with tert-alkyl or cyclic N) is 1. The van der Waals surface area contributed by atoms with Crippen LogP contribution in [-0.2, 0) is 0 Å². The summed E-state index contributed by atoms with van der Waals surface area (Å²) in [5, 5.41) is 12.4. The highest BCUT2D eigenvalue weighted by atomic mass is 16.3. The van der Waals surface area contributed by atoms with Crippen LogP contribution >= 0.6 is 0 Å². The Morgan fingerprint density at radius 1 is 1.18 bits per heavy atom. The van der Waals surface area contributed by atoms with E-state index in [-0.39, 0.29) is 5.91 Å². The van der Waals surface area contributed by atoms with E-state index in [1.807, 2.05) is 55.4 Å². The van der Waals surface area contributed by atoms with E-state index in [9.17, 15) is 9.90 Å². The lowest BCUT2D eigenvalue weighted by molar-refractivity contribution is -0.0543. The second-order valence-electron chi connectivity index (χ2n) is 9.84. The Labute approximate surface area is 195 Å². The molecule has 1 aromatic carbocycles. The summed E-state index contributed by atoms with van der Waals surface area (Å²) in [6.07, 6.45) is 8.36. The summed E-state index contributed by atoms with van der Waals surface area (Å²) in [6.45, 7) is 6.67. The Morgan fingerprint density at radius 2 is 2.00 bits per heavy atom. The number of carbonyl (C=O) groups excluding carboxylic acids is 1. The van der Waals surface area contributed by atoms with E-state index in [4.69, 9.17) is 4.42 Å². The highest BCUT2D eigenvalue weighted by molar-refractivity contribution is 5.99. The number of carbonyl (C=O) groups is 1. The maximum Gasteiger partial charge on any atom is 0.289 e. The molecule has 6 heteroatoms. The number of hydrogen-bond acceptors (Lipinski definition) is 5. The molecule has 3 aromatic rings. The van der Waals surface area contributed by atoms with Gasteiger partial charge in [0.15, 0.2) is 5.76 Å². The molecule has 0 spiro atoms. The second-order valence-corrected chi connectivity index (χ2v) is 9.84. The van der Waals surface area contributed by atoms with Crippen molar-refractivity contribution in [1.82, 2.24) is 14.8 Å². The molecule has 5 rings (SSSR count). The monoisotopic (exact) mass is 447 g/mol. The van der Waals surface area contributed by atoms with Crippen molar-refractivity contribution in [2.24, 2.45) is 0 Å². The predicted molar refractivity (Wildman–Crippen MR) is 128 cm³/mol. The van der Waals surface area contributed by atoms with Gasteiger partial charge in [-0.25, -0.2) is 0 Å². The largest absolute Gasteiger partial charge is 0.451 e. The van der Waals surface area contributed by atoms with Crippen LogP contribution in [0.1, 0.15) is 65.4 Å². The fraction of sp³-hybridized carbons (Fsp3) is 0.481. The van der Waals surface area contributed by atoms with Crippen LogP contribution in [0.4, 0.5) is 0 Å². The molecule has 2 fully saturated rings. The van der Waals surface area contributed by atoms with Crippen molar-refractivity contribution >= 4 is 16.9 Å². The van der Waals surface area contributed by atoms with E-state index >= 15 is 0 Å². The van der Waals surface area contributed by atoms with Crippen molar-refractivity contribution < 1.29 is 14.3 Å². The molecular weight excluding hydrogens is 414 g/mol. The van der Waals surface area contributed by atoms with Gasteiger partial charge in [-0.15, -0.1) is 0 Å². The maximum atomic E-state index is 13.2. The van der Waals surface area contributed by atoms with Gasteiger partial charge in [0.2, 0.25) is 0 Å². The number of fused-ring (bicyclic) bond motifs is 1. The number of aliphatic hydroxyl groups is 1. The molecule has 33 heavy (non-hydrogen) atoms. The predicted octanol–water partition coefficient (Wildman–Crippen LogP) is 4.64. The third-order valence-electron chi connectivity index (χ3n) is 7.45. The fourth-order valence-electron chi connectivity index (χ4n) is 5.47. The minimum absolute atomic E-state index is 0.0744. The standard InChI is InChI=1S/C27H33N3O3/c1-19-8-9-22-20(2)25(33-24(22)16-19)26(31)29-14-10-27(32,11-15-29)18-30-13-4-3-7-23(30)21-6-5-12-28-17-21/h5-6,8-9,12,16-17,23,32H,3-4,7,10-11,13-15,18H2,1-2H3/t23-/m1/s1. The van der Waals surface area contributed by atoms with Crippen LogP contribution in [-0.4, -0.2) is 57.6 Å². The second kappa shape index (κ2) is 8.92. The van der Waals surface area contributed by atoms with E-state index in [2.05, 4.69) is 16.0 Å². The molecule has 2 aliphatic rings.